The molecule has 72 valence electrons. The molecule has 0 unspecified atom stereocenters. The van der Waals surface area contributed by atoms with E-state index in [4.69, 9.17) is 10.5 Å². The molecule has 0 radical (unpaired) electrons. The molecule has 1 aromatic carbocycles. The van der Waals surface area contributed by atoms with Crippen molar-refractivity contribution in [3.8, 4) is 0 Å². The summed E-state index contributed by atoms with van der Waals surface area (Å²) in [4.78, 5) is 0. The van der Waals surface area contributed by atoms with Gasteiger partial charge < -0.3 is 15.8 Å². The first-order valence-corrected chi connectivity index (χ1v) is 4.42. The van der Waals surface area contributed by atoms with Crippen molar-refractivity contribution < 1.29 is 4.74 Å². The molecule has 0 heterocycles. The molecule has 1 aromatic rings. The summed E-state index contributed by atoms with van der Waals surface area (Å²) >= 11 is 0. The molecule has 0 amide bonds. The average Bonchev–Trinajstić information content (AvgIpc) is 2.15. The Bertz CT molecular complexity index is 250. The molecule has 3 heteroatoms. The summed E-state index contributed by atoms with van der Waals surface area (Å²) in [6.07, 6.45) is 0.991. The molecule has 0 saturated heterocycles. The van der Waals surface area contributed by atoms with Crippen molar-refractivity contribution >= 4 is 11.4 Å². The number of hydrogen-bond donors (Lipinski definition) is 2. The second-order valence-electron chi connectivity index (χ2n) is 2.86. The third kappa shape index (κ3) is 3.34. The van der Waals surface area contributed by atoms with Crippen LogP contribution < -0.4 is 11.1 Å². The van der Waals surface area contributed by atoms with Gasteiger partial charge in [-0.3, -0.25) is 0 Å². The molecule has 3 nitrogen and oxygen atoms in total. The van der Waals surface area contributed by atoms with Gasteiger partial charge in [-0.2, -0.15) is 0 Å². The Morgan fingerprint density at radius 1 is 1.38 bits per heavy atom. The van der Waals surface area contributed by atoms with E-state index >= 15 is 0 Å². The van der Waals surface area contributed by atoms with E-state index in [9.17, 15) is 0 Å². The zero-order chi connectivity index (χ0) is 9.52. The molecule has 0 bridgehead atoms. The molecule has 0 aromatic heterocycles. The standard InChI is InChI=1S/C10H16N2O/c1-13-8-4-7-12-10-6-3-2-5-9(10)11/h2-3,5-6,12H,4,7-8,11H2,1H3. The summed E-state index contributed by atoms with van der Waals surface area (Å²) in [5.41, 5.74) is 7.53. The summed E-state index contributed by atoms with van der Waals surface area (Å²) in [6, 6.07) is 7.76. The van der Waals surface area contributed by atoms with Crippen LogP contribution in [0.2, 0.25) is 0 Å². The fourth-order valence-corrected chi connectivity index (χ4v) is 1.10. The highest BCUT2D eigenvalue weighted by atomic mass is 16.5. The first-order chi connectivity index (χ1) is 6.34. The Kier molecular flexibility index (Phi) is 4.12. The highest BCUT2D eigenvalue weighted by Gasteiger charge is 1.94. The van der Waals surface area contributed by atoms with Crippen molar-refractivity contribution in [3.05, 3.63) is 24.3 Å². The van der Waals surface area contributed by atoms with Gasteiger partial charge in [-0.15, -0.1) is 0 Å². The number of hydrogen-bond acceptors (Lipinski definition) is 3. The van der Waals surface area contributed by atoms with Crippen molar-refractivity contribution in [2.45, 2.75) is 6.42 Å². The number of para-hydroxylation sites is 2. The smallest absolute Gasteiger partial charge is 0.0573 e. The van der Waals surface area contributed by atoms with E-state index < -0.39 is 0 Å². The van der Waals surface area contributed by atoms with Gasteiger partial charge in [0, 0.05) is 20.3 Å². The second-order valence-corrected chi connectivity index (χ2v) is 2.86. The molecular formula is C10H16N2O. The van der Waals surface area contributed by atoms with Crippen LogP contribution in [0.25, 0.3) is 0 Å². The van der Waals surface area contributed by atoms with Gasteiger partial charge in [0.25, 0.3) is 0 Å². The Balaban J connectivity index is 2.32. The molecule has 0 aliphatic rings. The number of nitrogens with two attached hydrogens (primary N) is 1. The minimum absolute atomic E-state index is 0.778. The topological polar surface area (TPSA) is 47.3 Å². The Labute approximate surface area is 78.9 Å². The van der Waals surface area contributed by atoms with E-state index in [1.807, 2.05) is 24.3 Å². The van der Waals surface area contributed by atoms with Gasteiger partial charge in [0.2, 0.25) is 0 Å². The summed E-state index contributed by atoms with van der Waals surface area (Å²) in [6.45, 7) is 1.67. The number of benzene rings is 1. The van der Waals surface area contributed by atoms with E-state index in [1.165, 1.54) is 0 Å². The number of nitrogen functional groups attached to an aromatic ring is 1. The van der Waals surface area contributed by atoms with Gasteiger partial charge >= 0.3 is 0 Å². The lowest BCUT2D eigenvalue weighted by Crippen LogP contribution is -2.06. The van der Waals surface area contributed by atoms with E-state index in [0.717, 1.165) is 30.9 Å². The Hall–Kier alpha value is -1.22. The molecule has 0 aliphatic carbocycles. The quantitative estimate of drug-likeness (QED) is 0.535. The zero-order valence-electron chi connectivity index (χ0n) is 7.92. The van der Waals surface area contributed by atoms with Crippen molar-refractivity contribution in [3.63, 3.8) is 0 Å². The molecule has 13 heavy (non-hydrogen) atoms. The summed E-state index contributed by atoms with van der Waals surface area (Å²) in [7, 11) is 1.71. The van der Waals surface area contributed by atoms with E-state index in [-0.39, 0.29) is 0 Å². The van der Waals surface area contributed by atoms with Gasteiger partial charge in [-0.05, 0) is 18.6 Å². The van der Waals surface area contributed by atoms with Crippen LogP contribution >= 0.6 is 0 Å². The molecular weight excluding hydrogens is 164 g/mol. The molecule has 1 rings (SSSR count). The van der Waals surface area contributed by atoms with Crippen LogP contribution in [0.3, 0.4) is 0 Å². The van der Waals surface area contributed by atoms with Crippen LogP contribution in [0.4, 0.5) is 11.4 Å². The third-order valence-electron chi connectivity index (χ3n) is 1.80. The monoisotopic (exact) mass is 180 g/mol. The predicted molar refractivity (Wildman–Crippen MR) is 55.8 cm³/mol. The lowest BCUT2D eigenvalue weighted by Gasteiger charge is -2.07. The van der Waals surface area contributed by atoms with Crippen LogP contribution in [0.5, 0.6) is 0 Å². The molecule has 0 atom stereocenters. The van der Waals surface area contributed by atoms with Gasteiger partial charge in [0.05, 0.1) is 11.4 Å². The Morgan fingerprint density at radius 3 is 2.85 bits per heavy atom. The van der Waals surface area contributed by atoms with Gasteiger partial charge in [0.15, 0.2) is 0 Å². The first kappa shape index (κ1) is 9.86. The van der Waals surface area contributed by atoms with Gasteiger partial charge in [-0.25, -0.2) is 0 Å². The number of rotatable bonds is 5. The molecule has 0 saturated carbocycles. The summed E-state index contributed by atoms with van der Waals surface area (Å²) in [5.74, 6) is 0. The fraction of sp³-hybridized carbons (Fsp3) is 0.400. The van der Waals surface area contributed by atoms with Crippen molar-refractivity contribution in [2.24, 2.45) is 0 Å². The maximum absolute atomic E-state index is 5.74. The maximum atomic E-state index is 5.74. The van der Waals surface area contributed by atoms with Crippen molar-refractivity contribution in [1.29, 1.82) is 0 Å². The second kappa shape index (κ2) is 5.43. The summed E-state index contributed by atoms with van der Waals surface area (Å²) in [5, 5.41) is 3.24. The number of anilines is 2. The number of methoxy groups -OCH3 is 1. The van der Waals surface area contributed by atoms with Gasteiger partial charge in [-0.1, -0.05) is 12.1 Å². The van der Waals surface area contributed by atoms with Crippen LogP contribution in [0.1, 0.15) is 6.42 Å². The highest BCUT2D eigenvalue weighted by Crippen LogP contribution is 2.16. The SMILES string of the molecule is COCCCNc1ccccc1N. The molecule has 3 N–H and O–H groups in total. The van der Waals surface area contributed by atoms with Gasteiger partial charge in [0.1, 0.15) is 0 Å². The van der Waals surface area contributed by atoms with Crippen molar-refractivity contribution in [1.82, 2.24) is 0 Å². The fourth-order valence-electron chi connectivity index (χ4n) is 1.10. The van der Waals surface area contributed by atoms with Crippen LogP contribution in [-0.2, 0) is 4.74 Å². The lowest BCUT2D eigenvalue weighted by molar-refractivity contribution is 0.198. The molecule has 0 fully saturated rings. The minimum Gasteiger partial charge on any atom is -0.397 e. The lowest BCUT2D eigenvalue weighted by atomic mass is 10.2. The van der Waals surface area contributed by atoms with Crippen LogP contribution in [0.15, 0.2) is 24.3 Å². The Morgan fingerprint density at radius 2 is 2.15 bits per heavy atom. The number of nitrogens with one attached hydrogen (secondary N) is 1. The minimum atomic E-state index is 0.778. The van der Waals surface area contributed by atoms with E-state index in [1.54, 1.807) is 7.11 Å². The molecule has 0 spiro atoms. The summed E-state index contributed by atoms with van der Waals surface area (Å²) < 4.78 is 4.94. The first-order valence-electron chi connectivity index (χ1n) is 4.42. The molecule has 0 aliphatic heterocycles. The predicted octanol–water partition coefficient (Wildman–Crippen LogP) is 1.72. The zero-order valence-corrected chi connectivity index (χ0v) is 7.92. The highest BCUT2D eigenvalue weighted by molar-refractivity contribution is 5.65. The number of ether oxygens (including phenoxy) is 1. The largest absolute Gasteiger partial charge is 0.397 e. The van der Waals surface area contributed by atoms with E-state index in [0.29, 0.717) is 0 Å². The van der Waals surface area contributed by atoms with Crippen LogP contribution in [0, 0.1) is 0 Å². The third-order valence-corrected chi connectivity index (χ3v) is 1.80. The maximum Gasteiger partial charge on any atom is 0.0573 e. The van der Waals surface area contributed by atoms with Crippen molar-refractivity contribution in [2.75, 3.05) is 31.3 Å². The van der Waals surface area contributed by atoms with Crippen LogP contribution in [-0.4, -0.2) is 20.3 Å². The average molecular weight is 180 g/mol. The van der Waals surface area contributed by atoms with E-state index in [2.05, 4.69) is 5.32 Å². The normalized spacial score (nSPS) is 9.92.